The summed E-state index contributed by atoms with van der Waals surface area (Å²) in [5, 5.41) is 23.9. The molecule has 3 rings (SSSR count). The Morgan fingerprint density at radius 1 is 0.952 bits per heavy atom. The first-order valence-corrected chi connectivity index (χ1v) is 6.63. The van der Waals surface area contributed by atoms with Crippen LogP contribution < -0.4 is 5.32 Å². The van der Waals surface area contributed by atoms with Gasteiger partial charge in [-0.25, -0.2) is 0 Å². The summed E-state index contributed by atoms with van der Waals surface area (Å²) < 4.78 is 1.65. The van der Waals surface area contributed by atoms with Crippen LogP contribution in [0.4, 0.5) is 5.95 Å². The van der Waals surface area contributed by atoms with Crippen molar-refractivity contribution in [3.63, 3.8) is 0 Å². The van der Waals surface area contributed by atoms with Crippen LogP contribution in [-0.2, 0) is 13.2 Å². The lowest BCUT2D eigenvalue weighted by molar-refractivity contribution is 0.282. The van der Waals surface area contributed by atoms with Crippen LogP contribution in [-0.4, -0.2) is 25.3 Å². The van der Waals surface area contributed by atoms with Crippen molar-refractivity contribution in [2.75, 3.05) is 5.32 Å². The molecule has 0 saturated heterocycles. The molecule has 2 aromatic carbocycles. The highest BCUT2D eigenvalue weighted by molar-refractivity contribution is 5.39. The predicted molar refractivity (Wildman–Crippen MR) is 78.8 cm³/mol. The monoisotopic (exact) mass is 281 g/mol. The van der Waals surface area contributed by atoms with Crippen molar-refractivity contribution in [3.05, 3.63) is 65.7 Å². The number of aliphatic hydroxyl groups is 1. The van der Waals surface area contributed by atoms with Gasteiger partial charge in [0.05, 0.1) is 12.3 Å². The summed E-state index contributed by atoms with van der Waals surface area (Å²) in [4.78, 5) is 0. The van der Waals surface area contributed by atoms with Gasteiger partial charge in [-0.3, -0.25) is 0 Å². The zero-order valence-electron chi connectivity index (χ0n) is 11.3. The van der Waals surface area contributed by atoms with Gasteiger partial charge >= 0.3 is 0 Å². The molecule has 6 heteroatoms. The van der Waals surface area contributed by atoms with Crippen molar-refractivity contribution in [3.8, 4) is 5.69 Å². The summed E-state index contributed by atoms with van der Waals surface area (Å²) in [6.45, 7) is 0.666. The molecule has 1 aromatic heterocycles. The number of tetrazole rings is 1. The summed E-state index contributed by atoms with van der Waals surface area (Å²) >= 11 is 0. The van der Waals surface area contributed by atoms with E-state index in [1.807, 2.05) is 54.6 Å². The number of hydrogen-bond donors (Lipinski definition) is 2. The molecule has 0 spiro atoms. The predicted octanol–water partition coefficient (Wildman–Crippen LogP) is 1.77. The Kier molecular flexibility index (Phi) is 3.88. The van der Waals surface area contributed by atoms with Crippen molar-refractivity contribution in [1.29, 1.82) is 0 Å². The van der Waals surface area contributed by atoms with Crippen LogP contribution in [0.5, 0.6) is 0 Å². The van der Waals surface area contributed by atoms with E-state index in [1.165, 1.54) is 0 Å². The van der Waals surface area contributed by atoms with E-state index in [0.29, 0.717) is 12.5 Å². The lowest BCUT2D eigenvalue weighted by Crippen LogP contribution is -2.07. The van der Waals surface area contributed by atoms with Gasteiger partial charge in [0.25, 0.3) is 0 Å². The Morgan fingerprint density at radius 3 is 2.38 bits per heavy atom. The number of rotatable bonds is 5. The Labute approximate surface area is 122 Å². The third-order valence-corrected chi connectivity index (χ3v) is 3.13. The summed E-state index contributed by atoms with van der Waals surface area (Å²) in [7, 11) is 0. The molecule has 0 unspecified atom stereocenters. The second kappa shape index (κ2) is 6.15. The zero-order valence-corrected chi connectivity index (χ0v) is 11.3. The van der Waals surface area contributed by atoms with Crippen molar-refractivity contribution < 1.29 is 5.11 Å². The average Bonchev–Trinajstić information content (AvgIpc) is 3.03. The molecule has 6 nitrogen and oxygen atoms in total. The minimum absolute atomic E-state index is 0.0555. The van der Waals surface area contributed by atoms with Crippen LogP contribution in [0.3, 0.4) is 0 Å². The normalized spacial score (nSPS) is 10.5. The minimum atomic E-state index is 0.0555. The van der Waals surface area contributed by atoms with E-state index in [-0.39, 0.29) is 6.61 Å². The molecule has 0 amide bonds. The van der Waals surface area contributed by atoms with Gasteiger partial charge in [-0.15, -0.1) is 0 Å². The fraction of sp³-hybridized carbons (Fsp3) is 0.133. The van der Waals surface area contributed by atoms with E-state index in [1.54, 1.807) is 4.68 Å². The van der Waals surface area contributed by atoms with E-state index in [4.69, 9.17) is 5.11 Å². The summed E-state index contributed by atoms with van der Waals surface area (Å²) in [6, 6.07) is 17.4. The molecule has 0 aliphatic rings. The molecular weight excluding hydrogens is 266 g/mol. The SMILES string of the molecule is OCc1ccc(CNc2nnnn2-c2ccccc2)cc1. The molecule has 0 saturated carbocycles. The van der Waals surface area contributed by atoms with Crippen molar-refractivity contribution in [1.82, 2.24) is 20.2 Å². The van der Waals surface area contributed by atoms with E-state index in [9.17, 15) is 0 Å². The Hall–Kier alpha value is -2.73. The smallest absolute Gasteiger partial charge is 0.248 e. The standard InChI is InChI=1S/C15H15N5O/c21-11-13-8-6-12(7-9-13)10-16-15-17-18-19-20(15)14-4-2-1-3-5-14/h1-9,21H,10-11H2,(H,16,17,19). The van der Waals surface area contributed by atoms with Gasteiger partial charge < -0.3 is 10.4 Å². The van der Waals surface area contributed by atoms with Gasteiger partial charge in [-0.1, -0.05) is 47.6 Å². The number of nitrogens with zero attached hydrogens (tertiary/aromatic N) is 4. The lowest BCUT2D eigenvalue weighted by atomic mass is 10.1. The van der Waals surface area contributed by atoms with Gasteiger partial charge in [-0.05, 0) is 33.7 Å². The van der Waals surface area contributed by atoms with E-state index in [2.05, 4.69) is 20.8 Å². The molecule has 0 fully saturated rings. The Morgan fingerprint density at radius 2 is 1.67 bits per heavy atom. The Bertz CT molecular complexity index is 694. The molecule has 0 atom stereocenters. The molecule has 1 heterocycles. The van der Waals surface area contributed by atoms with E-state index in [0.717, 1.165) is 16.8 Å². The molecule has 106 valence electrons. The van der Waals surface area contributed by atoms with Crippen LogP contribution >= 0.6 is 0 Å². The van der Waals surface area contributed by atoms with Crippen molar-refractivity contribution in [2.45, 2.75) is 13.2 Å². The topological polar surface area (TPSA) is 75.9 Å². The highest BCUT2D eigenvalue weighted by Crippen LogP contribution is 2.12. The average molecular weight is 281 g/mol. The maximum Gasteiger partial charge on any atom is 0.248 e. The fourth-order valence-corrected chi connectivity index (χ4v) is 1.98. The van der Waals surface area contributed by atoms with Crippen molar-refractivity contribution in [2.24, 2.45) is 0 Å². The van der Waals surface area contributed by atoms with Crippen LogP contribution in [0, 0.1) is 0 Å². The van der Waals surface area contributed by atoms with Gasteiger partial charge in [0.1, 0.15) is 0 Å². The number of anilines is 1. The third kappa shape index (κ3) is 3.06. The third-order valence-electron chi connectivity index (χ3n) is 3.13. The molecule has 0 aliphatic carbocycles. The number of benzene rings is 2. The summed E-state index contributed by atoms with van der Waals surface area (Å²) in [5.74, 6) is 0.590. The molecule has 0 radical (unpaired) electrons. The highest BCUT2D eigenvalue weighted by Gasteiger charge is 2.07. The summed E-state index contributed by atoms with van der Waals surface area (Å²) in [6.07, 6.45) is 0. The molecule has 21 heavy (non-hydrogen) atoms. The van der Waals surface area contributed by atoms with E-state index >= 15 is 0 Å². The van der Waals surface area contributed by atoms with Gasteiger partial charge in [0.2, 0.25) is 5.95 Å². The Balaban J connectivity index is 1.72. The largest absolute Gasteiger partial charge is 0.392 e. The molecule has 0 aliphatic heterocycles. The maximum absolute atomic E-state index is 9.03. The van der Waals surface area contributed by atoms with Crippen LogP contribution in [0.25, 0.3) is 5.69 Å². The molecular formula is C15H15N5O. The number of nitrogens with one attached hydrogen (secondary N) is 1. The first-order chi connectivity index (χ1) is 10.4. The number of hydrogen-bond acceptors (Lipinski definition) is 5. The van der Waals surface area contributed by atoms with Crippen LogP contribution in [0.1, 0.15) is 11.1 Å². The second-order valence-corrected chi connectivity index (χ2v) is 4.58. The fourth-order valence-electron chi connectivity index (χ4n) is 1.98. The zero-order chi connectivity index (χ0) is 14.5. The van der Waals surface area contributed by atoms with E-state index < -0.39 is 0 Å². The molecule has 2 N–H and O–H groups in total. The highest BCUT2D eigenvalue weighted by atomic mass is 16.3. The number of aromatic nitrogens is 4. The minimum Gasteiger partial charge on any atom is -0.392 e. The number of para-hydroxylation sites is 1. The van der Waals surface area contributed by atoms with Crippen molar-refractivity contribution >= 4 is 5.95 Å². The molecule has 0 bridgehead atoms. The van der Waals surface area contributed by atoms with Crippen LogP contribution in [0.2, 0.25) is 0 Å². The first-order valence-electron chi connectivity index (χ1n) is 6.63. The number of aliphatic hydroxyl groups excluding tert-OH is 1. The van der Waals surface area contributed by atoms with Gasteiger partial charge in [0.15, 0.2) is 0 Å². The maximum atomic E-state index is 9.03. The quantitative estimate of drug-likeness (QED) is 0.745. The lowest BCUT2D eigenvalue weighted by Gasteiger charge is -2.07. The van der Waals surface area contributed by atoms with Crippen LogP contribution in [0.15, 0.2) is 54.6 Å². The van der Waals surface area contributed by atoms with Gasteiger partial charge in [-0.2, -0.15) is 4.68 Å². The molecule has 3 aromatic rings. The summed E-state index contributed by atoms with van der Waals surface area (Å²) in [5.41, 5.74) is 2.89. The van der Waals surface area contributed by atoms with Gasteiger partial charge in [0, 0.05) is 6.54 Å². The first kappa shape index (κ1) is 13.3. The second-order valence-electron chi connectivity index (χ2n) is 4.58.